The second-order valence-electron chi connectivity index (χ2n) is 6.53. The highest BCUT2D eigenvalue weighted by molar-refractivity contribution is 7.92. The topological polar surface area (TPSA) is 117 Å². The Morgan fingerprint density at radius 2 is 1.61 bits per heavy atom. The summed E-state index contributed by atoms with van der Waals surface area (Å²) in [7, 11) is -4.80. The largest absolute Gasteiger partial charge is 0.317 e. The van der Waals surface area contributed by atoms with Crippen LogP contribution in [0.2, 0.25) is 0 Å². The van der Waals surface area contributed by atoms with Gasteiger partial charge in [0.2, 0.25) is 5.91 Å². The summed E-state index contributed by atoms with van der Waals surface area (Å²) in [4.78, 5) is 26.1. The minimum atomic E-state index is -4.80. The number of anilines is 3. The van der Waals surface area contributed by atoms with E-state index in [0.29, 0.717) is 30.3 Å². The molecule has 2 aromatic carbocycles. The van der Waals surface area contributed by atoms with Crippen LogP contribution in [0, 0.1) is 23.3 Å². The lowest BCUT2D eigenvalue weighted by molar-refractivity contribution is -0.114. The second-order valence-corrected chi connectivity index (χ2v) is 8.18. The van der Waals surface area contributed by atoms with E-state index < -0.39 is 61.4 Å². The molecule has 2 amide bonds. The Balaban J connectivity index is 1.87. The van der Waals surface area contributed by atoms with Crippen molar-refractivity contribution < 1.29 is 35.6 Å². The van der Waals surface area contributed by atoms with Crippen LogP contribution < -0.4 is 15.4 Å². The molecule has 0 radical (unpaired) electrons. The number of hydrogen-bond acceptors (Lipinski definition) is 5. The number of pyridine rings is 1. The summed E-state index contributed by atoms with van der Waals surface area (Å²) < 4.78 is 82.6. The fraction of sp³-hybridized carbons (Fsp3) is 0.0500. The summed E-state index contributed by atoms with van der Waals surface area (Å²) in [6, 6.07) is 5.53. The van der Waals surface area contributed by atoms with Crippen LogP contribution >= 0.6 is 0 Å². The maximum atomic E-state index is 14.8. The molecular weight excluding hydrogens is 468 g/mol. The van der Waals surface area contributed by atoms with Crippen molar-refractivity contribution in [3.63, 3.8) is 0 Å². The number of sulfonamides is 1. The standard InChI is InChI=1S/C20H14F4N4O4S/c1-10(29)26-17-7-2-11(9-25-17)20(30)27-19-14(23)5-6-15(18(19)24)28-33(31,32)16-8-12(21)3-4-13(16)22/h2-9,28H,1H3,(H,27,30)(H,25,26,29). The molecule has 0 bridgehead atoms. The van der Waals surface area contributed by atoms with Crippen LogP contribution in [-0.2, 0) is 14.8 Å². The van der Waals surface area contributed by atoms with E-state index in [2.05, 4.69) is 10.3 Å². The first kappa shape index (κ1) is 23.7. The monoisotopic (exact) mass is 482 g/mol. The van der Waals surface area contributed by atoms with Gasteiger partial charge in [0.1, 0.15) is 33.9 Å². The minimum absolute atomic E-state index is 0.129. The average Bonchev–Trinajstić information content (AvgIpc) is 2.74. The zero-order chi connectivity index (χ0) is 24.3. The predicted molar refractivity (Wildman–Crippen MR) is 110 cm³/mol. The highest BCUT2D eigenvalue weighted by atomic mass is 32.2. The zero-order valence-corrected chi connectivity index (χ0v) is 17.4. The molecule has 13 heteroatoms. The van der Waals surface area contributed by atoms with E-state index in [1.165, 1.54) is 19.1 Å². The van der Waals surface area contributed by atoms with Crippen molar-refractivity contribution in [2.75, 3.05) is 15.4 Å². The van der Waals surface area contributed by atoms with Crippen molar-refractivity contribution in [1.29, 1.82) is 0 Å². The zero-order valence-electron chi connectivity index (χ0n) is 16.6. The summed E-state index contributed by atoms with van der Waals surface area (Å²) >= 11 is 0. The molecule has 3 aromatic rings. The van der Waals surface area contributed by atoms with Crippen molar-refractivity contribution in [3.05, 3.63) is 77.5 Å². The van der Waals surface area contributed by atoms with E-state index in [1.54, 1.807) is 4.72 Å². The van der Waals surface area contributed by atoms with Gasteiger partial charge in [0.25, 0.3) is 15.9 Å². The summed E-state index contributed by atoms with van der Waals surface area (Å²) in [6.07, 6.45) is 1.04. The molecule has 8 nitrogen and oxygen atoms in total. The third-order valence-corrected chi connectivity index (χ3v) is 5.47. The van der Waals surface area contributed by atoms with Crippen LogP contribution in [0.25, 0.3) is 0 Å². The number of carbonyl (C=O) groups excluding carboxylic acids is 2. The van der Waals surface area contributed by atoms with Crippen LogP contribution in [0.3, 0.4) is 0 Å². The summed E-state index contributed by atoms with van der Waals surface area (Å²) in [6.45, 7) is 1.25. The molecule has 0 aliphatic carbocycles. The lowest BCUT2D eigenvalue weighted by Crippen LogP contribution is -2.18. The van der Waals surface area contributed by atoms with Crippen molar-refractivity contribution in [2.45, 2.75) is 11.8 Å². The normalized spacial score (nSPS) is 11.1. The van der Waals surface area contributed by atoms with E-state index in [1.807, 2.05) is 5.32 Å². The van der Waals surface area contributed by atoms with Crippen molar-refractivity contribution in [1.82, 2.24) is 4.98 Å². The summed E-state index contributed by atoms with van der Waals surface area (Å²) in [5.74, 6) is -6.35. The Kier molecular flexibility index (Phi) is 6.62. The van der Waals surface area contributed by atoms with E-state index >= 15 is 0 Å². The molecule has 3 rings (SSSR count). The molecule has 1 heterocycles. The molecule has 0 fully saturated rings. The van der Waals surface area contributed by atoms with Crippen molar-refractivity contribution in [3.8, 4) is 0 Å². The van der Waals surface area contributed by atoms with Gasteiger partial charge < -0.3 is 10.6 Å². The molecule has 0 aliphatic heterocycles. The van der Waals surface area contributed by atoms with Gasteiger partial charge in [-0.3, -0.25) is 14.3 Å². The molecule has 0 spiro atoms. The minimum Gasteiger partial charge on any atom is -0.317 e. The predicted octanol–water partition coefficient (Wildman–Crippen LogP) is 3.65. The number of rotatable bonds is 6. The number of nitrogens with zero attached hydrogens (tertiary/aromatic N) is 1. The van der Waals surface area contributed by atoms with Gasteiger partial charge in [-0.05, 0) is 42.5 Å². The molecule has 172 valence electrons. The number of benzene rings is 2. The molecule has 33 heavy (non-hydrogen) atoms. The average molecular weight is 482 g/mol. The molecule has 0 atom stereocenters. The van der Waals surface area contributed by atoms with Crippen LogP contribution in [0.1, 0.15) is 17.3 Å². The van der Waals surface area contributed by atoms with Gasteiger partial charge >= 0.3 is 0 Å². The lowest BCUT2D eigenvalue weighted by Gasteiger charge is -2.13. The fourth-order valence-electron chi connectivity index (χ4n) is 2.60. The second kappa shape index (κ2) is 9.24. The van der Waals surface area contributed by atoms with Crippen LogP contribution in [0.5, 0.6) is 0 Å². The number of aromatic nitrogens is 1. The maximum Gasteiger partial charge on any atom is 0.265 e. The Bertz CT molecular complexity index is 1350. The maximum absolute atomic E-state index is 14.8. The molecule has 3 N–H and O–H groups in total. The molecule has 0 unspecified atom stereocenters. The summed E-state index contributed by atoms with van der Waals surface area (Å²) in [5.41, 5.74) is -1.95. The fourth-order valence-corrected chi connectivity index (χ4v) is 3.75. The smallest absolute Gasteiger partial charge is 0.265 e. The number of amides is 2. The molecule has 0 aliphatic rings. The Hall–Kier alpha value is -4.00. The lowest BCUT2D eigenvalue weighted by atomic mass is 10.2. The number of halogens is 4. The van der Waals surface area contributed by atoms with Gasteiger partial charge in [0, 0.05) is 13.1 Å². The third-order valence-electron chi connectivity index (χ3n) is 4.09. The third kappa shape index (κ3) is 5.44. The van der Waals surface area contributed by atoms with Gasteiger partial charge in [-0.15, -0.1) is 0 Å². The van der Waals surface area contributed by atoms with Crippen LogP contribution in [0.15, 0.2) is 53.6 Å². The molecular formula is C20H14F4N4O4S. The van der Waals surface area contributed by atoms with Gasteiger partial charge in [0.05, 0.1) is 11.3 Å². The molecule has 1 aromatic heterocycles. The highest BCUT2D eigenvalue weighted by Crippen LogP contribution is 2.29. The van der Waals surface area contributed by atoms with Crippen molar-refractivity contribution >= 4 is 39.0 Å². The summed E-state index contributed by atoms with van der Waals surface area (Å²) in [5, 5.41) is 4.33. The van der Waals surface area contributed by atoms with Gasteiger partial charge in [-0.2, -0.15) is 0 Å². The van der Waals surface area contributed by atoms with Crippen LogP contribution in [0.4, 0.5) is 34.8 Å². The first-order chi connectivity index (χ1) is 15.5. The van der Waals surface area contributed by atoms with Crippen LogP contribution in [-0.4, -0.2) is 25.2 Å². The number of carbonyl (C=O) groups is 2. The number of hydrogen-bond donors (Lipinski definition) is 3. The number of nitrogens with one attached hydrogen (secondary N) is 3. The van der Waals surface area contributed by atoms with Gasteiger partial charge in [0.15, 0.2) is 5.82 Å². The van der Waals surface area contributed by atoms with Crippen molar-refractivity contribution in [2.24, 2.45) is 0 Å². The molecule has 0 saturated carbocycles. The van der Waals surface area contributed by atoms with E-state index in [-0.39, 0.29) is 11.4 Å². The van der Waals surface area contributed by atoms with E-state index in [9.17, 15) is 35.6 Å². The molecule has 0 saturated heterocycles. The first-order valence-electron chi connectivity index (χ1n) is 8.99. The van der Waals surface area contributed by atoms with E-state index in [4.69, 9.17) is 0 Å². The SMILES string of the molecule is CC(=O)Nc1ccc(C(=O)Nc2c(F)ccc(NS(=O)(=O)c3cc(F)ccc3F)c2F)cn1. The quantitative estimate of drug-likeness (QED) is 0.464. The highest BCUT2D eigenvalue weighted by Gasteiger charge is 2.24. The first-order valence-corrected chi connectivity index (χ1v) is 10.5. The van der Waals surface area contributed by atoms with Gasteiger partial charge in [-0.25, -0.2) is 31.0 Å². The Morgan fingerprint density at radius 1 is 0.909 bits per heavy atom. The van der Waals surface area contributed by atoms with E-state index in [0.717, 1.165) is 6.20 Å². The Labute approximate surface area is 184 Å². The Morgan fingerprint density at radius 3 is 2.24 bits per heavy atom. The van der Waals surface area contributed by atoms with Gasteiger partial charge in [-0.1, -0.05) is 0 Å².